The number of rotatable bonds is 5. The Morgan fingerprint density at radius 3 is 2.28 bits per heavy atom. The lowest BCUT2D eigenvalue weighted by molar-refractivity contribution is -0.126. The molecular weight excluding hydrogens is 320 g/mol. The molecule has 0 spiro atoms. The number of pyridine rings is 1. The summed E-state index contributed by atoms with van der Waals surface area (Å²) in [6.07, 6.45) is 3.92. The van der Waals surface area contributed by atoms with Crippen LogP contribution in [0, 0.1) is 0 Å². The summed E-state index contributed by atoms with van der Waals surface area (Å²) in [5.74, 6) is -0.187. The van der Waals surface area contributed by atoms with Crippen molar-refractivity contribution in [3.8, 4) is 0 Å². The molecule has 0 saturated carbocycles. The van der Waals surface area contributed by atoms with Gasteiger partial charge in [0.25, 0.3) is 0 Å². The number of aliphatic imine (C=N–C) groups is 1. The Kier molecular flexibility index (Phi) is 7.49. The highest BCUT2D eigenvalue weighted by Crippen LogP contribution is 2.15. The lowest BCUT2D eigenvalue weighted by Crippen LogP contribution is -2.38. The zero-order valence-electron chi connectivity index (χ0n) is 13.9. The number of aliphatic hydroxyl groups excluding tert-OH is 1. The quantitative estimate of drug-likeness (QED) is 0.902. The van der Waals surface area contributed by atoms with Gasteiger partial charge in [-0.05, 0) is 17.7 Å². The molecule has 1 aliphatic rings. The molecule has 1 unspecified atom stereocenters. The molecule has 0 saturated heterocycles. The van der Waals surface area contributed by atoms with Crippen LogP contribution >= 0.6 is 0 Å². The largest absolute Gasteiger partial charge is 0.491 e. The van der Waals surface area contributed by atoms with Crippen molar-refractivity contribution in [1.82, 2.24) is 4.98 Å². The highest BCUT2D eigenvalue weighted by molar-refractivity contribution is 6.16. The standard InChI is InChI=1S/C14H15NO4.C5H5N/c1-18-12-7-15-11(8-16)14(13(12)17)19-9-10-5-3-2-4-6-10;1-2-4-6-5-3-1/h2-7,14,16H,8-9H2,1H3;1-5H. The molecule has 0 radical (unpaired) electrons. The monoisotopic (exact) mass is 340 g/mol. The maximum absolute atomic E-state index is 12.0. The van der Waals surface area contributed by atoms with Crippen LogP contribution < -0.4 is 0 Å². The van der Waals surface area contributed by atoms with Crippen molar-refractivity contribution in [2.45, 2.75) is 12.7 Å². The fourth-order valence-electron chi connectivity index (χ4n) is 2.07. The van der Waals surface area contributed by atoms with Crippen LogP contribution in [0.15, 0.2) is 77.9 Å². The molecule has 6 heteroatoms. The van der Waals surface area contributed by atoms with Crippen molar-refractivity contribution >= 4 is 11.5 Å². The highest BCUT2D eigenvalue weighted by atomic mass is 16.5. The summed E-state index contributed by atoms with van der Waals surface area (Å²) in [6.45, 7) is -0.0497. The first kappa shape index (κ1) is 18.5. The number of aliphatic hydroxyl groups is 1. The van der Waals surface area contributed by atoms with Gasteiger partial charge in [0.15, 0.2) is 11.9 Å². The second-order valence-electron chi connectivity index (χ2n) is 5.04. The van der Waals surface area contributed by atoms with Gasteiger partial charge in [-0.3, -0.25) is 14.8 Å². The molecule has 0 bridgehead atoms. The minimum absolute atomic E-state index is 0.135. The minimum atomic E-state index is -0.884. The molecule has 130 valence electrons. The zero-order chi connectivity index (χ0) is 17.9. The number of ether oxygens (including phenoxy) is 2. The summed E-state index contributed by atoms with van der Waals surface area (Å²) in [5, 5.41) is 9.20. The van der Waals surface area contributed by atoms with Crippen LogP contribution in [0.4, 0.5) is 0 Å². The van der Waals surface area contributed by atoms with E-state index in [-0.39, 0.29) is 24.8 Å². The summed E-state index contributed by atoms with van der Waals surface area (Å²) < 4.78 is 10.5. The van der Waals surface area contributed by atoms with Crippen LogP contribution in [0.25, 0.3) is 0 Å². The summed E-state index contributed by atoms with van der Waals surface area (Å²) >= 11 is 0. The van der Waals surface area contributed by atoms with Crippen molar-refractivity contribution in [1.29, 1.82) is 0 Å². The predicted octanol–water partition coefficient (Wildman–Crippen LogP) is 2.16. The molecule has 25 heavy (non-hydrogen) atoms. The van der Waals surface area contributed by atoms with E-state index in [9.17, 15) is 9.90 Å². The second kappa shape index (κ2) is 10.1. The number of ketones is 1. The lowest BCUT2D eigenvalue weighted by atomic mass is 10.1. The molecule has 1 aromatic carbocycles. The van der Waals surface area contributed by atoms with Crippen molar-refractivity contribution in [2.75, 3.05) is 13.7 Å². The number of methoxy groups -OCH3 is 1. The molecule has 1 aromatic heterocycles. The SMILES string of the molecule is COC1=CN=C(CO)C(OCc2ccccc2)C1=O.c1ccncc1. The number of nitrogens with zero attached hydrogens (tertiary/aromatic N) is 2. The van der Waals surface area contributed by atoms with E-state index in [2.05, 4.69) is 9.98 Å². The van der Waals surface area contributed by atoms with Crippen molar-refractivity contribution in [2.24, 2.45) is 4.99 Å². The number of aromatic nitrogens is 1. The number of carbonyl (C=O) groups excluding carboxylic acids is 1. The normalized spacial score (nSPS) is 16.2. The highest BCUT2D eigenvalue weighted by Gasteiger charge is 2.31. The van der Waals surface area contributed by atoms with E-state index >= 15 is 0 Å². The number of hydrogen-bond acceptors (Lipinski definition) is 6. The number of benzene rings is 1. The molecule has 3 rings (SSSR count). The van der Waals surface area contributed by atoms with Crippen LogP contribution in [0.2, 0.25) is 0 Å². The topological polar surface area (TPSA) is 81.0 Å². The van der Waals surface area contributed by atoms with E-state index in [0.717, 1.165) is 5.56 Å². The van der Waals surface area contributed by atoms with Crippen molar-refractivity contribution < 1.29 is 19.4 Å². The Morgan fingerprint density at radius 1 is 1.08 bits per heavy atom. The molecule has 6 nitrogen and oxygen atoms in total. The molecule has 1 N–H and O–H groups in total. The first-order chi connectivity index (χ1) is 12.3. The van der Waals surface area contributed by atoms with Crippen molar-refractivity contribution in [3.05, 3.63) is 78.4 Å². The van der Waals surface area contributed by atoms with Gasteiger partial charge in [0.05, 0.1) is 32.2 Å². The summed E-state index contributed by atoms with van der Waals surface area (Å²) in [6, 6.07) is 15.2. The average molecular weight is 340 g/mol. The summed E-state index contributed by atoms with van der Waals surface area (Å²) in [4.78, 5) is 19.8. The number of carbonyl (C=O) groups is 1. The van der Waals surface area contributed by atoms with Crippen molar-refractivity contribution in [3.63, 3.8) is 0 Å². The molecule has 2 heterocycles. The first-order valence-electron chi connectivity index (χ1n) is 7.72. The Balaban J connectivity index is 0.000000316. The van der Waals surface area contributed by atoms with E-state index < -0.39 is 6.10 Å². The number of hydrogen-bond donors (Lipinski definition) is 1. The Labute approximate surface area is 146 Å². The Morgan fingerprint density at radius 2 is 1.76 bits per heavy atom. The molecule has 1 atom stereocenters. The van der Waals surface area contributed by atoms with E-state index in [1.165, 1.54) is 13.3 Å². The third kappa shape index (κ3) is 5.63. The van der Waals surface area contributed by atoms with E-state index in [1.54, 1.807) is 12.4 Å². The van der Waals surface area contributed by atoms with E-state index in [0.29, 0.717) is 5.71 Å². The zero-order valence-corrected chi connectivity index (χ0v) is 13.9. The maximum atomic E-state index is 12.0. The first-order valence-corrected chi connectivity index (χ1v) is 7.72. The smallest absolute Gasteiger partial charge is 0.233 e. The molecule has 1 aliphatic heterocycles. The van der Waals surface area contributed by atoms with Crippen LogP contribution in [0.5, 0.6) is 0 Å². The van der Waals surface area contributed by atoms with Gasteiger partial charge in [0.1, 0.15) is 0 Å². The van der Waals surface area contributed by atoms with Gasteiger partial charge in [-0.25, -0.2) is 0 Å². The molecular formula is C19H20N2O4. The number of Topliss-reactive ketones (excluding diaryl/α,β-unsaturated/α-hetero) is 1. The minimum Gasteiger partial charge on any atom is -0.491 e. The third-order valence-electron chi connectivity index (χ3n) is 3.34. The van der Waals surface area contributed by atoms with Gasteiger partial charge in [-0.1, -0.05) is 36.4 Å². The predicted molar refractivity (Wildman–Crippen MR) is 93.9 cm³/mol. The van der Waals surface area contributed by atoms with Gasteiger partial charge in [0.2, 0.25) is 5.78 Å². The fraction of sp³-hybridized carbons (Fsp3) is 0.211. The Bertz CT molecular complexity index is 688. The van der Waals surface area contributed by atoms with Gasteiger partial charge < -0.3 is 14.6 Å². The summed E-state index contributed by atoms with van der Waals surface area (Å²) in [7, 11) is 1.40. The van der Waals surface area contributed by atoms with Gasteiger partial charge in [-0.15, -0.1) is 0 Å². The van der Waals surface area contributed by atoms with Crippen LogP contribution in [-0.4, -0.2) is 41.4 Å². The molecule has 0 aliphatic carbocycles. The van der Waals surface area contributed by atoms with Gasteiger partial charge in [-0.2, -0.15) is 0 Å². The third-order valence-corrected chi connectivity index (χ3v) is 3.34. The second-order valence-corrected chi connectivity index (χ2v) is 5.04. The fourth-order valence-corrected chi connectivity index (χ4v) is 2.07. The molecule has 2 aromatic rings. The Hall–Kier alpha value is -2.83. The van der Waals surface area contributed by atoms with Gasteiger partial charge >= 0.3 is 0 Å². The van der Waals surface area contributed by atoms with Crippen LogP contribution in [-0.2, 0) is 20.9 Å². The van der Waals surface area contributed by atoms with E-state index in [4.69, 9.17) is 9.47 Å². The molecule has 0 fully saturated rings. The van der Waals surface area contributed by atoms with Crippen LogP contribution in [0.1, 0.15) is 5.56 Å². The van der Waals surface area contributed by atoms with Crippen LogP contribution in [0.3, 0.4) is 0 Å². The molecule has 0 amide bonds. The lowest BCUT2D eigenvalue weighted by Gasteiger charge is -2.21. The average Bonchev–Trinajstić information content (AvgIpc) is 2.69. The maximum Gasteiger partial charge on any atom is 0.233 e. The summed E-state index contributed by atoms with van der Waals surface area (Å²) in [5.41, 5.74) is 1.24. The van der Waals surface area contributed by atoms with Gasteiger partial charge in [0, 0.05) is 12.4 Å². The van der Waals surface area contributed by atoms with E-state index in [1.807, 2.05) is 48.5 Å².